The lowest BCUT2D eigenvalue weighted by atomic mass is 10.2. The van der Waals surface area contributed by atoms with Crippen LogP contribution in [0.4, 0.5) is 11.6 Å². The molecule has 3 aromatic rings. The SMILES string of the molecule is Cc1[nH]nc2nc(Nc3ccccc3)nc(C#C[Si](C(C)C)(C(C)C)C(C)C)c12. The van der Waals surface area contributed by atoms with Gasteiger partial charge in [-0.2, -0.15) is 10.1 Å². The number of benzene rings is 1. The van der Waals surface area contributed by atoms with Crippen LogP contribution in [0.3, 0.4) is 0 Å². The first-order valence-electron chi connectivity index (χ1n) is 10.3. The van der Waals surface area contributed by atoms with Crippen LogP contribution in [0, 0.1) is 18.4 Å². The van der Waals surface area contributed by atoms with E-state index < -0.39 is 8.07 Å². The zero-order valence-electron chi connectivity index (χ0n) is 18.5. The summed E-state index contributed by atoms with van der Waals surface area (Å²) < 4.78 is 0. The number of aromatic amines is 1. The largest absolute Gasteiger partial charge is 0.324 e. The van der Waals surface area contributed by atoms with Crippen molar-refractivity contribution in [2.45, 2.75) is 65.1 Å². The standard InChI is InChI=1S/C23H31N5Si/c1-15(2)29(16(3)4,17(5)6)14-13-20-21-18(7)27-28-22(21)26-23(25-20)24-19-11-9-8-10-12-19/h8-12,15-17H,1-7H3,(H2,24,25,26,27,28). The number of aryl methyl sites for hydroxylation is 1. The van der Waals surface area contributed by atoms with Crippen LogP contribution >= 0.6 is 0 Å². The minimum absolute atomic E-state index is 0.519. The predicted molar refractivity (Wildman–Crippen MR) is 124 cm³/mol. The second kappa shape index (κ2) is 8.38. The molecule has 0 aliphatic rings. The van der Waals surface area contributed by atoms with Gasteiger partial charge in [-0.05, 0) is 35.7 Å². The van der Waals surface area contributed by atoms with Gasteiger partial charge in [-0.3, -0.25) is 5.10 Å². The maximum absolute atomic E-state index is 4.78. The van der Waals surface area contributed by atoms with Gasteiger partial charge >= 0.3 is 0 Å². The second-order valence-electron chi connectivity index (χ2n) is 8.58. The third-order valence-corrected chi connectivity index (χ3v) is 12.2. The lowest BCUT2D eigenvalue weighted by Crippen LogP contribution is -2.43. The van der Waals surface area contributed by atoms with Gasteiger partial charge in [0.15, 0.2) is 5.65 Å². The number of rotatable bonds is 5. The Morgan fingerprint density at radius 3 is 2.14 bits per heavy atom. The first-order chi connectivity index (χ1) is 13.8. The zero-order valence-corrected chi connectivity index (χ0v) is 19.5. The minimum atomic E-state index is -1.86. The molecule has 0 fully saturated rings. The van der Waals surface area contributed by atoms with E-state index in [1.807, 2.05) is 37.3 Å². The summed E-state index contributed by atoms with van der Waals surface area (Å²) in [5.74, 6) is 4.01. The number of H-pyrrole nitrogens is 1. The summed E-state index contributed by atoms with van der Waals surface area (Å²) >= 11 is 0. The second-order valence-corrected chi connectivity index (χ2v) is 14.2. The van der Waals surface area contributed by atoms with Gasteiger partial charge in [0.2, 0.25) is 5.95 Å². The number of hydrogen-bond donors (Lipinski definition) is 2. The van der Waals surface area contributed by atoms with Crippen LogP contribution in [-0.4, -0.2) is 28.2 Å². The Bertz CT molecular complexity index is 1020. The van der Waals surface area contributed by atoms with Crippen molar-refractivity contribution in [3.8, 4) is 11.5 Å². The quantitative estimate of drug-likeness (QED) is 0.405. The van der Waals surface area contributed by atoms with Gasteiger partial charge in [-0.1, -0.05) is 65.7 Å². The fourth-order valence-corrected chi connectivity index (χ4v) is 9.67. The van der Waals surface area contributed by atoms with E-state index in [9.17, 15) is 0 Å². The molecule has 1 aromatic carbocycles. The number of fused-ring (bicyclic) bond motifs is 1. The molecule has 2 heterocycles. The molecule has 0 atom stereocenters. The number of nitrogens with one attached hydrogen (secondary N) is 2. The molecular weight excluding hydrogens is 374 g/mol. The van der Waals surface area contributed by atoms with E-state index in [1.165, 1.54) is 0 Å². The third kappa shape index (κ3) is 4.06. The molecule has 0 bridgehead atoms. The minimum Gasteiger partial charge on any atom is -0.324 e. The van der Waals surface area contributed by atoms with Gasteiger partial charge in [-0.25, -0.2) is 4.98 Å². The summed E-state index contributed by atoms with van der Waals surface area (Å²) in [4.78, 5) is 9.36. The Hall–Kier alpha value is -2.65. The van der Waals surface area contributed by atoms with E-state index in [0.717, 1.165) is 22.5 Å². The maximum atomic E-state index is 4.78. The summed E-state index contributed by atoms with van der Waals surface area (Å²) in [7, 11) is -1.86. The molecule has 3 rings (SSSR count). The van der Waals surface area contributed by atoms with Crippen LogP contribution in [0.5, 0.6) is 0 Å². The molecule has 2 aromatic heterocycles. The molecule has 2 N–H and O–H groups in total. The maximum Gasteiger partial charge on any atom is 0.230 e. The van der Waals surface area contributed by atoms with E-state index in [1.54, 1.807) is 0 Å². The molecule has 0 saturated heterocycles. The highest BCUT2D eigenvalue weighted by atomic mass is 28.3. The lowest BCUT2D eigenvalue weighted by molar-refractivity contribution is 0.838. The molecule has 29 heavy (non-hydrogen) atoms. The molecule has 0 aliphatic heterocycles. The molecule has 0 aliphatic carbocycles. The topological polar surface area (TPSA) is 66.5 Å². The van der Waals surface area contributed by atoms with E-state index in [4.69, 9.17) is 4.98 Å². The van der Waals surface area contributed by atoms with E-state index in [0.29, 0.717) is 28.2 Å². The highest BCUT2D eigenvalue weighted by molar-refractivity contribution is 6.90. The fourth-order valence-electron chi connectivity index (χ4n) is 4.47. The average molecular weight is 406 g/mol. The monoisotopic (exact) mass is 405 g/mol. The molecule has 0 spiro atoms. The van der Waals surface area contributed by atoms with Crippen molar-refractivity contribution >= 4 is 30.7 Å². The van der Waals surface area contributed by atoms with Gasteiger partial charge in [0, 0.05) is 11.4 Å². The van der Waals surface area contributed by atoms with Crippen LogP contribution in [0.1, 0.15) is 52.9 Å². The van der Waals surface area contributed by atoms with Crippen molar-refractivity contribution in [1.82, 2.24) is 20.2 Å². The molecule has 5 nitrogen and oxygen atoms in total. The molecular formula is C23H31N5Si. The van der Waals surface area contributed by atoms with Crippen LogP contribution in [0.25, 0.3) is 11.0 Å². The Balaban J connectivity index is 2.14. The number of nitrogens with zero attached hydrogens (tertiary/aromatic N) is 3. The molecule has 152 valence electrons. The van der Waals surface area contributed by atoms with Gasteiger partial charge < -0.3 is 5.32 Å². The van der Waals surface area contributed by atoms with Gasteiger partial charge in [0.05, 0.1) is 5.39 Å². The first-order valence-corrected chi connectivity index (χ1v) is 12.6. The van der Waals surface area contributed by atoms with Crippen molar-refractivity contribution in [3.63, 3.8) is 0 Å². The Kier molecular flexibility index (Phi) is 6.09. The van der Waals surface area contributed by atoms with Crippen LogP contribution in [-0.2, 0) is 0 Å². The van der Waals surface area contributed by atoms with Crippen molar-refractivity contribution in [1.29, 1.82) is 0 Å². The summed E-state index contributed by atoms with van der Waals surface area (Å²) in [6, 6.07) is 9.92. The predicted octanol–water partition coefficient (Wildman–Crippen LogP) is 5.97. The van der Waals surface area contributed by atoms with Crippen molar-refractivity contribution in [2.75, 3.05) is 5.32 Å². The Morgan fingerprint density at radius 1 is 0.931 bits per heavy atom. The van der Waals surface area contributed by atoms with E-state index in [2.05, 4.69) is 73.5 Å². The fraction of sp³-hybridized carbons (Fsp3) is 0.435. The van der Waals surface area contributed by atoms with Crippen molar-refractivity contribution in [3.05, 3.63) is 41.7 Å². The summed E-state index contributed by atoms with van der Waals surface area (Å²) in [5, 5.41) is 11.6. The first kappa shape index (κ1) is 21.1. The smallest absolute Gasteiger partial charge is 0.230 e. The van der Waals surface area contributed by atoms with Crippen LogP contribution < -0.4 is 5.32 Å². The third-order valence-electron chi connectivity index (χ3n) is 5.89. The molecule has 0 unspecified atom stereocenters. The zero-order chi connectivity index (χ0) is 21.2. The normalized spacial score (nSPS) is 11.9. The summed E-state index contributed by atoms with van der Waals surface area (Å²) in [6.07, 6.45) is 0. The van der Waals surface area contributed by atoms with E-state index in [-0.39, 0.29) is 0 Å². The van der Waals surface area contributed by atoms with E-state index >= 15 is 0 Å². The number of anilines is 2. The van der Waals surface area contributed by atoms with Gasteiger partial charge in [0.25, 0.3) is 0 Å². The highest BCUT2D eigenvalue weighted by Gasteiger charge is 2.41. The highest BCUT2D eigenvalue weighted by Crippen LogP contribution is 2.40. The van der Waals surface area contributed by atoms with Crippen molar-refractivity contribution in [2.24, 2.45) is 0 Å². The number of aromatic nitrogens is 4. The number of para-hydroxylation sites is 1. The van der Waals surface area contributed by atoms with Gasteiger partial charge in [-0.15, -0.1) is 5.54 Å². The molecule has 0 radical (unpaired) electrons. The van der Waals surface area contributed by atoms with Crippen LogP contribution in [0.15, 0.2) is 30.3 Å². The Labute approximate surface area is 174 Å². The summed E-state index contributed by atoms with van der Waals surface area (Å²) in [6.45, 7) is 15.9. The summed E-state index contributed by atoms with van der Waals surface area (Å²) in [5.41, 5.74) is 8.76. The Morgan fingerprint density at radius 2 is 1.55 bits per heavy atom. The molecule has 0 saturated carbocycles. The molecule has 6 heteroatoms. The lowest BCUT2D eigenvalue weighted by Gasteiger charge is -2.38. The molecule has 0 amide bonds. The van der Waals surface area contributed by atoms with Crippen LogP contribution in [0.2, 0.25) is 16.6 Å². The van der Waals surface area contributed by atoms with Gasteiger partial charge in [0.1, 0.15) is 13.8 Å². The average Bonchev–Trinajstić information content (AvgIpc) is 3.03. The number of hydrogen-bond acceptors (Lipinski definition) is 4. The van der Waals surface area contributed by atoms with Crippen molar-refractivity contribution < 1.29 is 0 Å².